The standard InChI is InChI=1S/C15H31O.Na/c1-3-5-6-7-8-9-10-11-12-13-14-15(16)4-2;/h15-16H,2-14H2,1H3;. The predicted molar refractivity (Wildman–Crippen MR) is 77.6 cm³/mol. The molecular formula is C15H31NaO. The summed E-state index contributed by atoms with van der Waals surface area (Å²) in [7, 11) is 0. The Kier molecular flexibility index (Phi) is 15.9. The summed E-state index contributed by atoms with van der Waals surface area (Å²) < 4.78 is 1.25. The van der Waals surface area contributed by atoms with Crippen LogP contribution in [0.25, 0.3) is 0 Å². The van der Waals surface area contributed by atoms with Crippen LogP contribution in [0.4, 0.5) is 0 Å². The van der Waals surface area contributed by atoms with Crippen molar-refractivity contribution in [3.63, 3.8) is 0 Å². The molecular weight excluding hydrogens is 219 g/mol. The van der Waals surface area contributed by atoms with E-state index in [1.165, 1.54) is 95.8 Å². The van der Waals surface area contributed by atoms with Gasteiger partial charge in [0.1, 0.15) is 0 Å². The van der Waals surface area contributed by atoms with Crippen LogP contribution < -0.4 is 0 Å². The second-order valence-corrected chi connectivity index (χ2v) is 6.41. The second kappa shape index (κ2) is 15.0. The Morgan fingerprint density at radius 1 is 0.765 bits per heavy atom. The fourth-order valence-corrected chi connectivity index (χ4v) is 3.01. The first kappa shape index (κ1) is 18.0. The monoisotopic (exact) mass is 250 g/mol. The maximum atomic E-state index is 9.59. The molecule has 1 nitrogen and oxygen atoms in total. The summed E-state index contributed by atoms with van der Waals surface area (Å²) in [5.41, 5.74) is 0. The van der Waals surface area contributed by atoms with E-state index in [-0.39, 0.29) is 6.10 Å². The zero-order valence-corrected chi connectivity index (χ0v) is 14.2. The van der Waals surface area contributed by atoms with Crippen molar-refractivity contribution in [2.45, 2.75) is 93.7 Å². The summed E-state index contributed by atoms with van der Waals surface area (Å²) in [5, 5.41) is 9.59. The molecule has 0 rings (SSSR count). The molecule has 0 radical (unpaired) electrons. The van der Waals surface area contributed by atoms with Gasteiger partial charge >= 0.3 is 107 Å². The molecule has 1 N–H and O–H groups in total. The van der Waals surface area contributed by atoms with Crippen LogP contribution in [0.5, 0.6) is 0 Å². The summed E-state index contributed by atoms with van der Waals surface area (Å²) in [6, 6.07) is 0. The van der Waals surface area contributed by atoms with E-state index in [0.29, 0.717) is 0 Å². The van der Waals surface area contributed by atoms with Crippen LogP contribution in [0.1, 0.15) is 84.0 Å². The van der Waals surface area contributed by atoms with E-state index in [4.69, 9.17) is 0 Å². The number of unbranched alkanes of at least 4 members (excludes halogenated alkanes) is 9. The Labute approximate surface area is 126 Å². The molecule has 0 saturated heterocycles. The van der Waals surface area contributed by atoms with Crippen LogP contribution in [0.3, 0.4) is 0 Å². The van der Waals surface area contributed by atoms with E-state index >= 15 is 0 Å². The topological polar surface area (TPSA) is 20.2 Å². The molecule has 98 valence electrons. The molecule has 0 aliphatic carbocycles. The summed E-state index contributed by atoms with van der Waals surface area (Å²) >= 11 is 1.24. The first-order valence-corrected chi connectivity index (χ1v) is 9.40. The van der Waals surface area contributed by atoms with Gasteiger partial charge in [-0.1, -0.05) is 19.8 Å². The first-order chi connectivity index (χ1) is 8.31. The number of rotatable bonds is 13. The van der Waals surface area contributed by atoms with Crippen molar-refractivity contribution in [1.29, 1.82) is 0 Å². The van der Waals surface area contributed by atoms with Gasteiger partial charge in [0.05, 0.1) is 0 Å². The van der Waals surface area contributed by atoms with E-state index in [1.807, 2.05) is 0 Å². The third kappa shape index (κ3) is 14.9. The van der Waals surface area contributed by atoms with Crippen molar-refractivity contribution < 1.29 is 5.11 Å². The maximum absolute atomic E-state index is 9.59. The van der Waals surface area contributed by atoms with Crippen LogP contribution in [0.15, 0.2) is 0 Å². The van der Waals surface area contributed by atoms with Crippen LogP contribution >= 0.6 is 0 Å². The molecule has 0 aromatic rings. The fraction of sp³-hybridized carbons (Fsp3) is 1.00. The van der Waals surface area contributed by atoms with Gasteiger partial charge in [-0.15, -0.1) is 0 Å². The van der Waals surface area contributed by atoms with Gasteiger partial charge in [-0.2, -0.15) is 0 Å². The third-order valence-electron chi connectivity index (χ3n) is 3.51. The zero-order valence-electron chi connectivity index (χ0n) is 12.2. The molecule has 0 heterocycles. The fourth-order valence-electron chi connectivity index (χ4n) is 2.34. The minimum atomic E-state index is 0.00143. The van der Waals surface area contributed by atoms with E-state index in [2.05, 4.69) is 6.92 Å². The van der Waals surface area contributed by atoms with E-state index in [1.54, 1.807) is 0 Å². The minimum absolute atomic E-state index is 0.00143. The molecule has 1 unspecified atom stereocenters. The zero-order chi connectivity index (χ0) is 12.8. The van der Waals surface area contributed by atoms with Crippen molar-refractivity contribution in [3.8, 4) is 0 Å². The van der Waals surface area contributed by atoms with Gasteiger partial charge in [0.15, 0.2) is 0 Å². The Morgan fingerprint density at radius 2 is 1.24 bits per heavy atom. The van der Waals surface area contributed by atoms with Crippen LogP contribution in [0.2, 0.25) is 3.67 Å². The summed E-state index contributed by atoms with van der Waals surface area (Å²) in [4.78, 5) is 0. The molecule has 0 aromatic heterocycles. The quantitative estimate of drug-likeness (QED) is 0.373. The average Bonchev–Trinajstić information content (AvgIpc) is 2.32. The Balaban J connectivity index is 2.98. The van der Waals surface area contributed by atoms with Gasteiger partial charge in [-0.3, -0.25) is 0 Å². The van der Waals surface area contributed by atoms with Crippen molar-refractivity contribution in [2.75, 3.05) is 0 Å². The van der Waals surface area contributed by atoms with E-state index in [9.17, 15) is 5.11 Å². The Hall–Kier alpha value is 0.960. The van der Waals surface area contributed by atoms with Gasteiger partial charge < -0.3 is 0 Å². The molecule has 0 spiro atoms. The van der Waals surface area contributed by atoms with Gasteiger partial charge in [-0.05, 0) is 0 Å². The summed E-state index contributed by atoms with van der Waals surface area (Å²) in [5.74, 6) is 0. The van der Waals surface area contributed by atoms with E-state index in [0.717, 1.165) is 12.8 Å². The van der Waals surface area contributed by atoms with Gasteiger partial charge in [0.25, 0.3) is 0 Å². The molecule has 0 fully saturated rings. The molecule has 0 aliphatic rings. The first-order valence-electron chi connectivity index (χ1n) is 7.99. The van der Waals surface area contributed by atoms with Crippen molar-refractivity contribution in [2.24, 2.45) is 0 Å². The molecule has 0 aromatic carbocycles. The molecule has 0 amide bonds. The van der Waals surface area contributed by atoms with Gasteiger partial charge in [-0.25, -0.2) is 0 Å². The van der Waals surface area contributed by atoms with Crippen molar-refractivity contribution in [1.82, 2.24) is 0 Å². The molecule has 0 saturated carbocycles. The van der Waals surface area contributed by atoms with Gasteiger partial charge in [0.2, 0.25) is 0 Å². The summed E-state index contributed by atoms with van der Waals surface area (Å²) in [6.45, 7) is 2.27. The average molecular weight is 250 g/mol. The predicted octanol–water partition coefficient (Wildman–Crippen LogP) is 4.64. The third-order valence-corrected chi connectivity index (χ3v) is 4.09. The second-order valence-electron chi connectivity index (χ2n) is 5.41. The number of aliphatic hydroxyl groups is 1. The molecule has 17 heavy (non-hydrogen) atoms. The normalized spacial score (nSPS) is 12.9. The van der Waals surface area contributed by atoms with Gasteiger partial charge in [0, 0.05) is 0 Å². The van der Waals surface area contributed by atoms with Crippen LogP contribution in [-0.4, -0.2) is 39.1 Å². The van der Waals surface area contributed by atoms with Crippen molar-refractivity contribution >= 4 is 27.9 Å². The Bertz CT molecular complexity index is 139. The number of hydrogen-bond acceptors (Lipinski definition) is 1. The van der Waals surface area contributed by atoms with E-state index < -0.39 is 0 Å². The van der Waals surface area contributed by atoms with Crippen LogP contribution in [0, 0.1) is 0 Å². The Morgan fingerprint density at radius 3 is 1.71 bits per heavy atom. The summed E-state index contributed by atoms with van der Waals surface area (Å²) in [6.07, 6.45) is 15.9. The van der Waals surface area contributed by atoms with Crippen LogP contribution in [-0.2, 0) is 0 Å². The molecule has 0 aliphatic heterocycles. The number of hydrogen-bond donors (Lipinski definition) is 1. The molecule has 2 heteroatoms. The SMILES string of the molecule is CCCCCCCCCCCCC(O)C[CH2][Na]. The molecule has 1 atom stereocenters. The van der Waals surface area contributed by atoms with Crippen molar-refractivity contribution in [3.05, 3.63) is 0 Å². The number of aliphatic hydroxyl groups excluding tert-OH is 1. The molecule has 0 bridgehead atoms.